The number of halogens is 1. The van der Waals surface area contributed by atoms with Gasteiger partial charge in [-0.3, -0.25) is 9.59 Å². The van der Waals surface area contributed by atoms with Crippen LogP contribution in [0.25, 0.3) is 0 Å². The number of benzene rings is 2. The van der Waals surface area contributed by atoms with Crippen LogP contribution in [0.4, 0.5) is 5.69 Å². The van der Waals surface area contributed by atoms with Crippen LogP contribution < -0.4 is 10.7 Å². The van der Waals surface area contributed by atoms with Crippen LogP contribution in [0, 0.1) is 6.92 Å². The number of carbonyl (C=O) groups is 2. The maximum Gasteiger partial charge on any atom is 0.329 e. The van der Waals surface area contributed by atoms with Crippen molar-refractivity contribution < 1.29 is 9.59 Å². The molecular weight excluding hydrogens is 346 g/mol. The predicted octanol–water partition coefficient (Wildman–Crippen LogP) is 2.85. The third kappa shape index (κ3) is 4.82. The van der Waals surface area contributed by atoms with Crippen LogP contribution in [0.1, 0.15) is 11.1 Å². The van der Waals surface area contributed by atoms with Gasteiger partial charge >= 0.3 is 11.8 Å². The number of hydrogen-bond donors (Lipinski definition) is 2. The van der Waals surface area contributed by atoms with E-state index in [1.54, 1.807) is 18.2 Å². The summed E-state index contributed by atoms with van der Waals surface area (Å²) in [5, 5.41) is 6.26. The molecule has 2 aromatic carbocycles. The van der Waals surface area contributed by atoms with Gasteiger partial charge in [0.15, 0.2) is 0 Å². The molecule has 0 heterocycles. The molecule has 0 spiro atoms. The van der Waals surface area contributed by atoms with Gasteiger partial charge in [0.05, 0.1) is 6.21 Å². The third-order valence-electron chi connectivity index (χ3n) is 2.73. The van der Waals surface area contributed by atoms with E-state index >= 15 is 0 Å². The molecule has 5 nitrogen and oxygen atoms in total. The Morgan fingerprint density at radius 2 is 1.82 bits per heavy atom. The molecule has 2 N–H and O–H groups in total. The van der Waals surface area contributed by atoms with E-state index < -0.39 is 11.8 Å². The van der Waals surface area contributed by atoms with Gasteiger partial charge in [-0.25, -0.2) is 5.43 Å². The number of nitrogens with zero attached hydrogens (tertiary/aromatic N) is 1. The highest BCUT2D eigenvalue weighted by Gasteiger charge is 2.12. The van der Waals surface area contributed by atoms with Gasteiger partial charge in [0.25, 0.3) is 0 Å². The smallest absolute Gasteiger partial charge is 0.318 e. The summed E-state index contributed by atoms with van der Waals surface area (Å²) in [5.74, 6) is -1.59. The van der Waals surface area contributed by atoms with Crippen LogP contribution in [0.3, 0.4) is 0 Å². The summed E-state index contributed by atoms with van der Waals surface area (Å²) in [6.45, 7) is 1.90. The molecule has 0 saturated carbocycles. The number of carbonyl (C=O) groups excluding carboxylic acids is 2. The molecule has 0 radical (unpaired) electrons. The molecule has 0 aromatic heterocycles. The lowest BCUT2D eigenvalue weighted by atomic mass is 10.2. The highest BCUT2D eigenvalue weighted by Crippen LogP contribution is 2.09. The van der Waals surface area contributed by atoms with Crippen LogP contribution in [0.15, 0.2) is 58.1 Å². The Bertz CT molecular complexity index is 712. The Kier molecular flexibility index (Phi) is 5.43. The van der Waals surface area contributed by atoms with Crippen LogP contribution in [-0.2, 0) is 9.59 Å². The first-order chi connectivity index (χ1) is 10.5. The van der Waals surface area contributed by atoms with Crippen molar-refractivity contribution in [1.82, 2.24) is 5.43 Å². The second-order valence-corrected chi connectivity index (χ2v) is 5.49. The number of amides is 2. The molecule has 2 amide bonds. The van der Waals surface area contributed by atoms with E-state index in [9.17, 15) is 9.59 Å². The lowest BCUT2D eigenvalue weighted by Gasteiger charge is -2.04. The Labute approximate surface area is 136 Å². The van der Waals surface area contributed by atoms with Crippen molar-refractivity contribution in [2.75, 3.05) is 5.32 Å². The number of nitrogens with one attached hydrogen (secondary N) is 2. The maximum atomic E-state index is 11.7. The van der Waals surface area contributed by atoms with Crippen molar-refractivity contribution in [3.63, 3.8) is 0 Å². The molecule has 0 aliphatic rings. The minimum atomic E-state index is -0.824. The maximum absolute atomic E-state index is 11.7. The first-order valence-corrected chi connectivity index (χ1v) is 7.30. The highest BCUT2D eigenvalue weighted by molar-refractivity contribution is 9.10. The van der Waals surface area contributed by atoms with E-state index in [4.69, 9.17) is 0 Å². The molecule has 0 aliphatic heterocycles. The largest absolute Gasteiger partial charge is 0.329 e. The fraction of sp³-hybridized carbons (Fsp3) is 0.0625. The number of anilines is 1. The summed E-state index contributed by atoms with van der Waals surface area (Å²) in [6, 6.07) is 14.5. The summed E-state index contributed by atoms with van der Waals surface area (Å²) < 4.78 is 0.950. The van der Waals surface area contributed by atoms with Gasteiger partial charge < -0.3 is 5.32 Å². The second-order valence-electron chi connectivity index (χ2n) is 4.57. The topological polar surface area (TPSA) is 70.6 Å². The van der Waals surface area contributed by atoms with Crippen molar-refractivity contribution in [2.24, 2.45) is 5.10 Å². The number of rotatable bonds is 3. The number of hydrogen-bond acceptors (Lipinski definition) is 3. The molecule has 0 bridgehead atoms. The van der Waals surface area contributed by atoms with E-state index in [2.05, 4.69) is 31.8 Å². The molecule has 112 valence electrons. The Balaban J connectivity index is 1.89. The van der Waals surface area contributed by atoms with Gasteiger partial charge in [0.1, 0.15) is 0 Å². The van der Waals surface area contributed by atoms with Gasteiger partial charge in [-0.2, -0.15) is 5.10 Å². The summed E-state index contributed by atoms with van der Waals surface area (Å²) in [5.41, 5.74) is 4.55. The molecule has 22 heavy (non-hydrogen) atoms. The lowest BCUT2D eigenvalue weighted by Crippen LogP contribution is -2.32. The fourth-order valence-electron chi connectivity index (χ4n) is 1.68. The first kappa shape index (κ1) is 15.9. The summed E-state index contributed by atoms with van der Waals surface area (Å²) in [4.78, 5) is 23.3. The molecule has 0 fully saturated rings. The van der Waals surface area contributed by atoms with E-state index in [-0.39, 0.29) is 0 Å². The van der Waals surface area contributed by atoms with Crippen molar-refractivity contribution in [3.8, 4) is 0 Å². The van der Waals surface area contributed by atoms with Crippen molar-refractivity contribution in [3.05, 3.63) is 64.1 Å². The average molecular weight is 360 g/mol. The standard InChI is InChI=1S/C16H14BrN3O2/c1-11-3-2-4-14(9-11)19-15(21)16(22)20-18-10-12-5-7-13(17)8-6-12/h2-10H,1H3,(H,19,21)(H,20,22)/b18-10+. The van der Waals surface area contributed by atoms with E-state index in [1.165, 1.54) is 6.21 Å². The number of hydrazone groups is 1. The first-order valence-electron chi connectivity index (χ1n) is 6.51. The molecule has 0 unspecified atom stereocenters. The van der Waals surface area contributed by atoms with Crippen molar-refractivity contribution in [1.29, 1.82) is 0 Å². The summed E-state index contributed by atoms with van der Waals surface area (Å²) in [6.07, 6.45) is 1.46. The molecule has 0 atom stereocenters. The molecule has 0 aliphatic carbocycles. The lowest BCUT2D eigenvalue weighted by molar-refractivity contribution is -0.136. The zero-order valence-corrected chi connectivity index (χ0v) is 13.4. The SMILES string of the molecule is Cc1cccc(NC(=O)C(=O)N/N=C/c2ccc(Br)cc2)c1. The Morgan fingerprint density at radius 3 is 2.50 bits per heavy atom. The van der Waals surface area contributed by atoms with E-state index in [0.29, 0.717) is 5.69 Å². The second kappa shape index (κ2) is 7.51. The minimum absolute atomic E-state index is 0.567. The monoisotopic (exact) mass is 359 g/mol. The molecule has 2 aromatic rings. The van der Waals surface area contributed by atoms with Crippen molar-refractivity contribution >= 4 is 39.6 Å². The normalized spacial score (nSPS) is 10.5. The Morgan fingerprint density at radius 1 is 1.09 bits per heavy atom. The van der Waals surface area contributed by atoms with Gasteiger partial charge in [0.2, 0.25) is 0 Å². The molecule has 2 rings (SSSR count). The highest BCUT2D eigenvalue weighted by atomic mass is 79.9. The van der Waals surface area contributed by atoms with Gasteiger partial charge in [-0.15, -0.1) is 0 Å². The van der Waals surface area contributed by atoms with Crippen molar-refractivity contribution in [2.45, 2.75) is 6.92 Å². The van der Waals surface area contributed by atoms with E-state index in [0.717, 1.165) is 15.6 Å². The van der Waals surface area contributed by atoms with Gasteiger partial charge in [0, 0.05) is 10.2 Å². The fourth-order valence-corrected chi connectivity index (χ4v) is 1.94. The predicted molar refractivity (Wildman–Crippen MR) is 89.7 cm³/mol. The van der Waals surface area contributed by atoms with Crippen LogP contribution >= 0.6 is 15.9 Å². The van der Waals surface area contributed by atoms with Gasteiger partial charge in [-0.05, 0) is 42.3 Å². The zero-order valence-electron chi connectivity index (χ0n) is 11.8. The van der Waals surface area contributed by atoms with Crippen LogP contribution in [-0.4, -0.2) is 18.0 Å². The van der Waals surface area contributed by atoms with Crippen LogP contribution in [0.5, 0.6) is 0 Å². The zero-order chi connectivity index (χ0) is 15.9. The summed E-state index contributed by atoms with van der Waals surface area (Å²) in [7, 11) is 0. The molecular formula is C16H14BrN3O2. The van der Waals surface area contributed by atoms with Gasteiger partial charge in [-0.1, -0.05) is 40.2 Å². The molecule has 6 heteroatoms. The van der Waals surface area contributed by atoms with Crippen LogP contribution in [0.2, 0.25) is 0 Å². The summed E-state index contributed by atoms with van der Waals surface area (Å²) >= 11 is 3.33. The quantitative estimate of drug-likeness (QED) is 0.502. The Hall–Kier alpha value is -2.47. The average Bonchev–Trinajstić information content (AvgIpc) is 2.49. The van der Waals surface area contributed by atoms with E-state index in [1.807, 2.05) is 37.3 Å². The minimum Gasteiger partial charge on any atom is -0.318 e. The number of aryl methyl sites for hydroxylation is 1. The molecule has 0 saturated heterocycles. The third-order valence-corrected chi connectivity index (χ3v) is 3.26.